The van der Waals surface area contributed by atoms with Crippen molar-refractivity contribution in [2.45, 2.75) is 40.2 Å². The monoisotopic (exact) mass is 540 g/mol. The summed E-state index contributed by atoms with van der Waals surface area (Å²) in [4.78, 5) is 23.1. The lowest BCUT2D eigenvalue weighted by atomic mass is 10.2. The lowest BCUT2D eigenvalue weighted by Crippen LogP contribution is -2.37. The molecule has 3 aromatic heterocycles. The van der Waals surface area contributed by atoms with Crippen molar-refractivity contribution in [3.05, 3.63) is 88.2 Å². The van der Waals surface area contributed by atoms with Gasteiger partial charge in [-0.15, -0.1) is 5.10 Å². The fourth-order valence-corrected chi connectivity index (χ4v) is 3.79. The first-order valence-corrected chi connectivity index (χ1v) is 12.4. The van der Waals surface area contributed by atoms with Gasteiger partial charge in [-0.2, -0.15) is 0 Å². The lowest BCUT2D eigenvalue weighted by molar-refractivity contribution is 0.0935. The highest BCUT2D eigenvalue weighted by atomic mass is 79.9. The van der Waals surface area contributed by atoms with Gasteiger partial charge in [0.05, 0.1) is 11.9 Å². The molecule has 1 aliphatic heterocycles. The molecule has 1 amide bonds. The van der Waals surface area contributed by atoms with Crippen LogP contribution in [0.2, 0.25) is 0 Å². The van der Waals surface area contributed by atoms with Gasteiger partial charge in [-0.1, -0.05) is 32.0 Å². The van der Waals surface area contributed by atoms with Crippen molar-refractivity contribution in [1.82, 2.24) is 24.9 Å². The molecule has 1 aromatic carbocycles. The van der Waals surface area contributed by atoms with Crippen molar-refractivity contribution in [2.75, 3.05) is 18.0 Å². The lowest BCUT2D eigenvalue weighted by Gasteiger charge is -2.18. The molecule has 0 saturated carbocycles. The molecular formula is C26H30BrFN6O. The molecule has 0 radical (unpaired) electrons. The minimum absolute atomic E-state index is 0.0784. The van der Waals surface area contributed by atoms with Gasteiger partial charge in [0.1, 0.15) is 17.3 Å². The SMILES string of the molecule is CC.Cc1cc(C(=O)N[C@H]2CCN(c3ccc4ncc(C)n4n3)C2)ncc1Br.Fc1ccccc1. The molecule has 4 aromatic rings. The van der Waals surface area contributed by atoms with Crippen LogP contribution < -0.4 is 10.2 Å². The number of nitrogens with zero attached hydrogens (tertiary/aromatic N) is 5. The average Bonchev–Trinajstić information content (AvgIpc) is 3.49. The first kappa shape index (κ1) is 26.3. The molecule has 4 heterocycles. The predicted molar refractivity (Wildman–Crippen MR) is 140 cm³/mol. The van der Waals surface area contributed by atoms with Gasteiger partial charge >= 0.3 is 0 Å². The summed E-state index contributed by atoms with van der Waals surface area (Å²) < 4.78 is 14.7. The molecule has 35 heavy (non-hydrogen) atoms. The number of carbonyl (C=O) groups is 1. The van der Waals surface area contributed by atoms with Crippen LogP contribution >= 0.6 is 15.9 Å². The van der Waals surface area contributed by atoms with E-state index < -0.39 is 0 Å². The second kappa shape index (κ2) is 12.4. The van der Waals surface area contributed by atoms with E-state index in [2.05, 4.69) is 41.2 Å². The Balaban J connectivity index is 0.000000324. The number of hydrogen-bond acceptors (Lipinski definition) is 5. The Labute approximate surface area is 213 Å². The number of hydrogen-bond donors (Lipinski definition) is 1. The molecule has 0 bridgehead atoms. The normalized spacial score (nSPS) is 14.6. The topological polar surface area (TPSA) is 75.4 Å². The van der Waals surface area contributed by atoms with E-state index in [1.165, 1.54) is 12.1 Å². The summed E-state index contributed by atoms with van der Waals surface area (Å²) in [5.41, 5.74) is 3.28. The molecule has 9 heteroatoms. The molecule has 5 rings (SSSR count). The van der Waals surface area contributed by atoms with Crippen molar-refractivity contribution in [1.29, 1.82) is 0 Å². The third kappa shape index (κ3) is 6.85. The molecule has 0 spiro atoms. The highest BCUT2D eigenvalue weighted by molar-refractivity contribution is 9.10. The number of halogens is 2. The van der Waals surface area contributed by atoms with E-state index in [-0.39, 0.29) is 17.8 Å². The molecule has 1 aliphatic rings. The van der Waals surface area contributed by atoms with Gasteiger partial charge in [0.25, 0.3) is 5.91 Å². The number of pyridine rings is 1. The van der Waals surface area contributed by atoms with Crippen LogP contribution in [0.25, 0.3) is 5.65 Å². The maximum absolute atomic E-state index is 12.5. The Bertz CT molecular complexity index is 1260. The fourth-order valence-electron chi connectivity index (χ4n) is 3.57. The van der Waals surface area contributed by atoms with Crippen LogP contribution in [0.5, 0.6) is 0 Å². The maximum Gasteiger partial charge on any atom is 0.270 e. The van der Waals surface area contributed by atoms with Crippen molar-refractivity contribution < 1.29 is 9.18 Å². The van der Waals surface area contributed by atoms with Gasteiger partial charge in [-0.05, 0) is 72.1 Å². The maximum atomic E-state index is 12.5. The van der Waals surface area contributed by atoms with E-state index in [0.29, 0.717) is 5.69 Å². The molecule has 0 aliphatic carbocycles. The minimum atomic E-state index is -0.178. The number of anilines is 1. The second-order valence-corrected chi connectivity index (χ2v) is 8.73. The second-order valence-electron chi connectivity index (χ2n) is 7.88. The Hall–Kier alpha value is -3.33. The van der Waals surface area contributed by atoms with E-state index >= 15 is 0 Å². The van der Waals surface area contributed by atoms with Crippen molar-refractivity contribution >= 4 is 33.3 Å². The number of rotatable bonds is 3. The third-order valence-corrected chi connectivity index (χ3v) is 6.21. The van der Waals surface area contributed by atoms with Crippen molar-refractivity contribution in [3.63, 3.8) is 0 Å². The highest BCUT2D eigenvalue weighted by Gasteiger charge is 2.26. The quantitative estimate of drug-likeness (QED) is 0.378. The van der Waals surface area contributed by atoms with Crippen LogP contribution in [0, 0.1) is 19.7 Å². The first-order chi connectivity index (χ1) is 16.9. The van der Waals surface area contributed by atoms with Crippen LogP contribution in [-0.4, -0.2) is 44.6 Å². The fraction of sp³-hybridized carbons (Fsp3) is 0.308. The van der Waals surface area contributed by atoms with Gasteiger partial charge in [0.15, 0.2) is 5.65 Å². The Morgan fingerprint density at radius 2 is 1.83 bits per heavy atom. The minimum Gasteiger partial charge on any atom is -0.353 e. The van der Waals surface area contributed by atoms with E-state index in [1.54, 1.807) is 30.5 Å². The smallest absolute Gasteiger partial charge is 0.270 e. The van der Waals surface area contributed by atoms with Crippen LogP contribution in [0.4, 0.5) is 10.2 Å². The highest BCUT2D eigenvalue weighted by Crippen LogP contribution is 2.20. The summed E-state index contributed by atoms with van der Waals surface area (Å²) in [6, 6.07) is 13.8. The third-order valence-electron chi connectivity index (χ3n) is 5.38. The number of aryl methyl sites for hydroxylation is 2. The number of amides is 1. The van der Waals surface area contributed by atoms with Crippen molar-refractivity contribution in [3.8, 4) is 0 Å². The van der Waals surface area contributed by atoms with E-state index in [9.17, 15) is 9.18 Å². The van der Waals surface area contributed by atoms with Crippen LogP contribution in [0.15, 0.2) is 65.4 Å². The predicted octanol–water partition coefficient (Wildman–Crippen LogP) is 5.36. The Morgan fingerprint density at radius 1 is 1.09 bits per heavy atom. The Morgan fingerprint density at radius 3 is 2.49 bits per heavy atom. The molecular weight excluding hydrogens is 511 g/mol. The zero-order valence-corrected chi connectivity index (χ0v) is 22.0. The molecule has 1 saturated heterocycles. The number of fused-ring (bicyclic) bond motifs is 1. The zero-order valence-electron chi connectivity index (χ0n) is 20.4. The van der Waals surface area contributed by atoms with E-state index in [1.807, 2.05) is 50.5 Å². The molecule has 1 N–H and O–H groups in total. The number of carbonyl (C=O) groups excluding carboxylic acids is 1. The van der Waals surface area contributed by atoms with Crippen LogP contribution in [0.3, 0.4) is 0 Å². The van der Waals surface area contributed by atoms with Crippen molar-refractivity contribution in [2.24, 2.45) is 0 Å². The molecule has 1 atom stereocenters. The summed E-state index contributed by atoms with van der Waals surface area (Å²) in [5, 5.41) is 7.74. The van der Waals surface area contributed by atoms with Crippen LogP contribution in [-0.2, 0) is 0 Å². The number of aromatic nitrogens is 4. The van der Waals surface area contributed by atoms with E-state index in [0.717, 1.165) is 46.7 Å². The number of benzene rings is 1. The standard InChI is InChI=1S/C18H19BrN6O.C6H5F.C2H6/c1-11-7-15(20-9-14(11)19)18(26)22-13-5-6-24(10-13)17-4-3-16-21-8-12(2)25(16)23-17;7-6-4-2-1-3-5-6;1-2/h3-4,7-9,13H,5-6,10H2,1-2H3,(H,22,26);1-5H;1-2H3/t13-;;/m0../s1. The zero-order chi connectivity index (χ0) is 25.4. The molecule has 7 nitrogen and oxygen atoms in total. The molecule has 184 valence electrons. The first-order valence-electron chi connectivity index (χ1n) is 11.6. The number of imidazole rings is 1. The molecule has 0 unspecified atom stereocenters. The Kier molecular flexibility index (Phi) is 9.31. The van der Waals surface area contributed by atoms with Crippen LogP contribution in [0.1, 0.15) is 42.0 Å². The van der Waals surface area contributed by atoms with Gasteiger partial charge in [-0.3, -0.25) is 4.79 Å². The average molecular weight is 541 g/mol. The van der Waals surface area contributed by atoms with Gasteiger partial charge in [-0.25, -0.2) is 18.9 Å². The summed E-state index contributed by atoms with van der Waals surface area (Å²) >= 11 is 3.41. The number of nitrogens with one attached hydrogen (secondary N) is 1. The summed E-state index contributed by atoms with van der Waals surface area (Å²) in [7, 11) is 0. The van der Waals surface area contributed by atoms with Gasteiger partial charge < -0.3 is 10.2 Å². The summed E-state index contributed by atoms with van der Waals surface area (Å²) in [5.74, 6) is 0.580. The largest absolute Gasteiger partial charge is 0.353 e. The molecule has 1 fully saturated rings. The van der Waals surface area contributed by atoms with E-state index in [4.69, 9.17) is 0 Å². The van der Waals surface area contributed by atoms with Gasteiger partial charge in [0, 0.05) is 29.8 Å². The summed E-state index contributed by atoms with van der Waals surface area (Å²) in [6.45, 7) is 9.51. The van der Waals surface area contributed by atoms with Gasteiger partial charge in [0.2, 0.25) is 0 Å². The summed E-state index contributed by atoms with van der Waals surface area (Å²) in [6.07, 6.45) is 4.36.